The fraction of sp³-hybridized carbons (Fsp3) is 0.250. The summed E-state index contributed by atoms with van der Waals surface area (Å²) in [6.07, 6.45) is 0.962. The van der Waals surface area contributed by atoms with Gasteiger partial charge in [-0.3, -0.25) is 0 Å². The molecule has 5 heteroatoms. The van der Waals surface area contributed by atoms with Crippen molar-refractivity contribution in [2.24, 2.45) is 0 Å². The molecule has 0 bridgehead atoms. The summed E-state index contributed by atoms with van der Waals surface area (Å²) in [7, 11) is 0. The van der Waals surface area contributed by atoms with Crippen LogP contribution in [0, 0.1) is 0 Å². The van der Waals surface area contributed by atoms with E-state index in [4.69, 9.17) is 39.5 Å². The van der Waals surface area contributed by atoms with E-state index in [-0.39, 0.29) is 6.04 Å². The van der Waals surface area contributed by atoms with Crippen molar-refractivity contribution in [2.45, 2.75) is 19.4 Å². The van der Waals surface area contributed by atoms with Gasteiger partial charge in [0, 0.05) is 12.5 Å². The van der Waals surface area contributed by atoms with Crippen molar-refractivity contribution in [3.05, 3.63) is 56.5 Å². The van der Waals surface area contributed by atoms with Gasteiger partial charge < -0.3 is 10.1 Å². The van der Waals surface area contributed by atoms with E-state index in [1.165, 1.54) is 11.1 Å². The fourth-order valence-electron chi connectivity index (χ4n) is 2.43. The quantitative estimate of drug-likeness (QED) is 0.717. The maximum atomic E-state index is 6.20. The lowest BCUT2D eigenvalue weighted by Crippen LogP contribution is -2.07. The third-order valence-electron chi connectivity index (χ3n) is 3.60. The van der Waals surface area contributed by atoms with E-state index >= 15 is 0 Å². The second-order valence-corrected chi connectivity index (χ2v) is 6.30. The second kappa shape index (κ2) is 5.96. The Balaban J connectivity index is 1.83. The number of anilines is 1. The minimum absolute atomic E-state index is 0.102. The van der Waals surface area contributed by atoms with E-state index in [2.05, 4.69) is 24.4 Å². The van der Waals surface area contributed by atoms with Crippen molar-refractivity contribution in [1.82, 2.24) is 0 Å². The van der Waals surface area contributed by atoms with Crippen LogP contribution in [0.2, 0.25) is 15.1 Å². The van der Waals surface area contributed by atoms with Crippen LogP contribution in [0.3, 0.4) is 0 Å². The van der Waals surface area contributed by atoms with Gasteiger partial charge in [0.05, 0.1) is 27.4 Å². The molecule has 0 radical (unpaired) electrons. The highest BCUT2D eigenvalue weighted by Gasteiger charge is 2.15. The third-order valence-corrected chi connectivity index (χ3v) is 4.63. The summed E-state index contributed by atoms with van der Waals surface area (Å²) in [5, 5.41) is 4.86. The molecular formula is C16H14Cl3NO. The Morgan fingerprint density at radius 2 is 1.81 bits per heavy atom. The topological polar surface area (TPSA) is 21.3 Å². The second-order valence-electron chi connectivity index (χ2n) is 5.08. The Hall–Kier alpha value is -1.09. The van der Waals surface area contributed by atoms with Gasteiger partial charge >= 0.3 is 0 Å². The van der Waals surface area contributed by atoms with E-state index in [0.29, 0.717) is 15.1 Å². The van der Waals surface area contributed by atoms with Crippen LogP contribution in [0.15, 0.2) is 30.3 Å². The molecule has 1 aliphatic rings. The van der Waals surface area contributed by atoms with Gasteiger partial charge in [0.2, 0.25) is 0 Å². The first-order chi connectivity index (χ1) is 10.0. The molecular weight excluding hydrogens is 329 g/mol. The first-order valence-electron chi connectivity index (χ1n) is 6.71. The highest BCUT2D eigenvalue weighted by molar-refractivity contribution is 6.44. The minimum atomic E-state index is 0.102. The molecule has 0 aliphatic carbocycles. The average molecular weight is 343 g/mol. The van der Waals surface area contributed by atoms with Gasteiger partial charge in [0.15, 0.2) is 0 Å². The Morgan fingerprint density at radius 1 is 1.05 bits per heavy atom. The molecule has 1 N–H and O–H groups in total. The first kappa shape index (κ1) is 14.8. The van der Waals surface area contributed by atoms with Crippen LogP contribution in [0.5, 0.6) is 5.75 Å². The summed E-state index contributed by atoms with van der Waals surface area (Å²) in [5.41, 5.74) is 3.21. The molecule has 0 saturated carbocycles. The monoisotopic (exact) mass is 341 g/mol. The van der Waals surface area contributed by atoms with Gasteiger partial charge in [-0.25, -0.2) is 0 Å². The van der Waals surface area contributed by atoms with Crippen molar-refractivity contribution in [3.63, 3.8) is 0 Å². The van der Waals surface area contributed by atoms with Crippen LogP contribution in [-0.2, 0) is 6.42 Å². The van der Waals surface area contributed by atoms with Crippen molar-refractivity contribution in [1.29, 1.82) is 0 Å². The summed E-state index contributed by atoms with van der Waals surface area (Å²) in [5.74, 6) is 0.985. The Bertz CT molecular complexity index is 687. The van der Waals surface area contributed by atoms with Crippen LogP contribution in [0.4, 0.5) is 5.69 Å². The Kier molecular flexibility index (Phi) is 4.21. The molecule has 3 rings (SSSR count). The lowest BCUT2D eigenvalue weighted by molar-refractivity contribution is 0.357. The zero-order chi connectivity index (χ0) is 15.0. The Labute approximate surface area is 139 Å². The third kappa shape index (κ3) is 3.08. The summed E-state index contributed by atoms with van der Waals surface area (Å²) < 4.78 is 5.53. The number of hydrogen-bond acceptors (Lipinski definition) is 2. The molecule has 0 fully saturated rings. The lowest BCUT2D eigenvalue weighted by atomic mass is 10.0. The highest BCUT2D eigenvalue weighted by Crippen LogP contribution is 2.35. The van der Waals surface area contributed by atoms with Gasteiger partial charge in [0.25, 0.3) is 0 Å². The number of rotatable bonds is 3. The van der Waals surface area contributed by atoms with Crippen molar-refractivity contribution >= 4 is 40.5 Å². The largest absolute Gasteiger partial charge is 0.493 e. The maximum Gasteiger partial charge on any atom is 0.122 e. The Morgan fingerprint density at radius 3 is 2.62 bits per heavy atom. The molecule has 110 valence electrons. The average Bonchev–Trinajstić information content (AvgIpc) is 2.92. The van der Waals surface area contributed by atoms with Crippen molar-refractivity contribution in [2.75, 3.05) is 11.9 Å². The number of benzene rings is 2. The van der Waals surface area contributed by atoms with E-state index in [0.717, 1.165) is 24.5 Å². The molecule has 0 saturated heterocycles. The summed E-state index contributed by atoms with van der Waals surface area (Å²) >= 11 is 18.2. The molecule has 2 aromatic rings. The SMILES string of the molecule is CC(Nc1cc(Cl)c(Cl)cc1Cl)c1ccc2c(c1)CCO2. The highest BCUT2D eigenvalue weighted by atomic mass is 35.5. The molecule has 1 aliphatic heterocycles. The number of ether oxygens (including phenoxy) is 1. The van der Waals surface area contributed by atoms with Crippen LogP contribution in [0.25, 0.3) is 0 Å². The molecule has 21 heavy (non-hydrogen) atoms. The smallest absolute Gasteiger partial charge is 0.122 e. The molecule has 1 atom stereocenters. The van der Waals surface area contributed by atoms with Crippen LogP contribution < -0.4 is 10.1 Å². The number of nitrogens with one attached hydrogen (secondary N) is 1. The van der Waals surface area contributed by atoms with Crippen molar-refractivity contribution in [3.8, 4) is 5.75 Å². The van der Waals surface area contributed by atoms with E-state index < -0.39 is 0 Å². The molecule has 0 aromatic heterocycles. The molecule has 0 spiro atoms. The van der Waals surface area contributed by atoms with Gasteiger partial charge in [-0.1, -0.05) is 40.9 Å². The number of hydrogen-bond donors (Lipinski definition) is 1. The number of fused-ring (bicyclic) bond motifs is 1. The minimum Gasteiger partial charge on any atom is -0.493 e. The number of halogens is 3. The zero-order valence-electron chi connectivity index (χ0n) is 11.4. The standard InChI is InChI=1S/C16H14Cl3NO/c1-9(10-2-3-16-11(6-10)4-5-21-16)20-15-8-13(18)12(17)7-14(15)19/h2-3,6-9,20H,4-5H2,1H3. The van der Waals surface area contributed by atoms with Crippen LogP contribution in [-0.4, -0.2) is 6.61 Å². The first-order valence-corrected chi connectivity index (χ1v) is 7.84. The predicted molar refractivity (Wildman–Crippen MR) is 89.2 cm³/mol. The van der Waals surface area contributed by atoms with E-state index in [1.807, 2.05) is 6.07 Å². The molecule has 2 aromatic carbocycles. The summed E-state index contributed by atoms with van der Waals surface area (Å²) in [6.45, 7) is 2.84. The molecule has 0 amide bonds. The van der Waals surface area contributed by atoms with Gasteiger partial charge in [-0.05, 0) is 42.3 Å². The lowest BCUT2D eigenvalue weighted by Gasteiger charge is -2.18. The van der Waals surface area contributed by atoms with E-state index in [1.54, 1.807) is 12.1 Å². The zero-order valence-corrected chi connectivity index (χ0v) is 13.7. The fourth-order valence-corrected chi connectivity index (χ4v) is 3.03. The van der Waals surface area contributed by atoms with Crippen LogP contribution in [0.1, 0.15) is 24.1 Å². The van der Waals surface area contributed by atoms with Gasteiger partial charge in [0.1, 0.15) is 5.75 Å². The van der Waals surface area contributed by atoms with Gasteiger partial charge in [-0.2, -0.15) is 0 Å². The summed E-state index contributed by atoms with van der Waals surface area (Å²) in [4.78, 5) is 0. The molecule has 1 unspecified atom stereocenters. The van der Waals surface area contributed by atoms with Crippen molar-refractivity contribution < 1.29 is 4.74 Å². The molecule has 1 heterocycles. The van der Waals surface area contributed by atoms with Gasteiger partial charge in [-0.15, -0.1) is 0 Å². The summed E-state index contributed by atoms with van der Waals surface area (Å²) in [6, 6.07) is 9.76. The normalized spacial score (nSPS) is 14.5. The molecule has 2 nitrogen and oxygen atoms in total. The predicted octanol–water partition coefficient (Wildman–Crippen LogP) is 5.75. The van der Waals surface area contributed by atoms with E-state index in [9.17, 15) is 0 Å². The van der Waals surface area contributed by atoms with Crippen LogP contribution >= 0.6 is 34.8 Å². The maximum absolute atomic E-state index is 6.20.